The Balaban J connectivity index is 1.53. The number of benzene rings is 2. The highest BCUT2D eigenvalue weighted by molar-refractivity contribution is 6.00. The second kappa shape index (κ2) is 7.22. The normalized spacial score (nSPS) is 15.3. The van der Waals surface area contributed by atoms with E-state index in [-0.39, 0.29) is 12.6 Å². The Labute approximate surface area is 153 Å². The van der Waals surface area contributed by atoms with Crippen molar-refractivity contribution in [3.05, 3.63) is 65.9 Å². The van der Waals surface area contributed by atoms with Crippen molar-refractivity contribution in [3.63, 3.8) is 0 Å². The number of carbonyl (C=O) groups is 1. The van der Waals surface area contributed by atoms with Gasteiger partial charge in [0.25, 0.3) is 0 Å². The Bertz CT molecular complexity index is 896. The van der Waals surface area contributed by atoms with Gasteiger partial charge in [0.1, 0.15) is 12.3 Å². The summed E-state index contributed by atoms with van der Waals surface area (Å²) in [4.78, 5) is 20.4. The van der Waals surface area contributed by atoms with Crippen LogP contribution in [-0.4, -0.2) is 49.1 Å². The van der Waals surface area contributed by atoms with Crippen LogP contribution in [0.1, 0.15) is 16.1 Å². The second-order valence-corrected chi connectivity index (χ2v) is 6.77. The van der Waals surface area contributed by atoms with Crippen molar-refractivity contribution in [1.82, 2.24) is 9.88 Å². The van der Waals surface area contributed by atoms with E-state index in [4.69, 9.17) is 4.74 Å². The Morgan fingerprint density at radius 1 is 1.04 bits per heavy atom. The molecule has 1 fully saturated rings. The number of carbonyl (C=O) groups excluding carboxylic acids is 1. The van der Waals surface area contributed by atoms with Crippen molar-refractivity contribution in [1.29, 1.82) is 0 Å². The molecule has 1 N–H and O–H groups in total. The lowest BCUT2D eigenvalue weighted by atomic mass is 10.1. The van der Waals surface area contributed by atoms with Crippen LogP contribution in [0.3, 0.4) is 0 Å². The third kappa shape index (κ3) is 3.44. The van der Waals surface area contributed by atoms with Crippen LogP contribution < -0.4 is 4.90 Å². The molecule has 0 unspecified atom stereocenters. The molecule has 0 amide bonds. The highest BCUT2D eigenvalue weighted by Crippen LogP contribution is 2.28. The van der Waals surface area contributed by atoms with Crippen LogP contribution in [0.4, 0.5) is 5.69 Å². The third-order valence-electron chi connectivity index (χ3n) is 4.92. The van der Waals surface area contributed by atoms with Gasteiger partial charge in [-0.05, 0) is 30.8 Å². The molecule has 0 radical (unpaired) electrons. The van der Waals surface area contributed by atoms with Crippen molar-refractivity contribution >= 4 is 22.6 Å². The predicted molar refractivity (Wildman–Crippen MR) is 104 cm³/mol. The lowest BCUT2D eigenvalue weighted by Crippen LogP contribution is -2.44. The standard InChI is InChI=1S/C21H23N3O2/c1-23-10-12-24(13-11-23)20-9-5-8-18-17(20)14-19(22-18)21(25)26-15-16-6-3-2-4-7-16/h2-9,14,22H,10-13,15H2,1H3. The van der Waals surface area contributed by atoms with Crippen molar-refractivity contribution in [2.45, 2.75) is 6.61 Å². The lowest BCUT2D eigenvalue weighted by Gasteiger charge is -2.34. The SMILES string of the molecule is CN1CCN(c2cccc3[nH]c(C(=O)OCc4ccccc4)cc23)CC1. The van der Waals surface area contributed by atoms with E-state index in [2.05, 4.69) is 27.9 Å². The maximum absolute atomic E-state index is 12.4. The molecule has 5 nitrogen and oxygen atoms in total. The van der Waals surface area contributed by atoms with Crippen LogP contribution in [-0.2, 0) is 11.3 Å². The fraction of sp³-hybridized carbons (Fsp3) is 0.286. The van der Waals surface area contributed by atoms with Gasteiger partial charge in [-0.25, -0.2) is 4.79 Å². The minimum atomic E-state index is -0.325. The molecule has 3 aromatic rings. The molecule has 0 saturated carbocycles. The number of likely N-dealkylation sites (N-methyl/N-ethyl adjacent to an activating group) is 1. The number of fused-ring (bicyclic) bond motifs is 1. The summed E-state index contributed by atoms with van der Waals surface area (Å²) in [5, 5.41) is 1.07. The highest BCUT2D eigenvalue weighted by atomic mass is 16.5. The number of rotatable bonds is 4. The first-order chi connectivity index (χ1) is 12.7. The quantitative estimate of drug-likeness (QED) is 0.735. The lowest BCUT2D eigenvalue weighted by molar-refractivity contribution is 0.0467. The van der Waals surface area contributed by atoms with Crippen molar-refractivity contribution in [2.75, 3.05) is 38.1 Å². The molecule has 4 rings (SSSR count). The fourth-order valence-corrected chi connectivity index (χ4v) is 3.37. The largest absolute Gasteiger partial charge is 0.456 e. The van der Waals surface area contributed by atoms with Gasteiger partial charge in [-0.2, -0.15) is 0 Å². The van der Waals surface area contributed by atoms with E-state index >= 15 is 0 Å². The van der Waals surface area contributed by atoms with Gasteiger partial charge in [0.05, 0.1) is 0 Å². The molecule has 5 heteroatoms. The molecule has 1 saturated heterocycles. The van der Waals surface area contributed by atoms with Crippen LogP contribution in [0.2, 0.25) is 0 Å². The maximum atomic E-state index is 12.4. The molecule has 0 atom stereocenters. The van der Waals surface area contributed by atoms with Gasteiger partial charge in [-0.3, -0.25) is 0 Å². The van der Waals surface area contributed by atoms with Gasteiger partial charge in [0.15, 0.2) is 0 Å². The number of nitrogens with zero attached hydrogens (tertiary/aromatic N) is 2. The predicted octanol–water partition coefficient (Wildman–Crippen LogP) is 3.28. The Kier molecular flexibility index (Phi) is 4.63. The molecule has 0 spiro atoms. The molecule has 0 bridgehead atoms. The molecular weight excluding hydrogens is 326 g/mol. The van der Waals surface area contributed by atoms with Crippen molar-refractivity contribution in [3.8, 4) is 0 Å². The number of hydrogen-bond donors (Lipinski definition) is 1. The number of hydrogen-bond acceptors (Lipinski definition) is 4. The number of H-pyrrole nitrogens is 1. The monoisotopic (exact) mass is 349 g/mol. The smallest absolute Gasteiger partial charge is 0.355 e. The van der Waals surface area contributed by atoms with E-state index in [0.29, 0.717) is 5.69 Å². The summed E-state index contributed by atoms with van der Waals surface area (Å²) in [5.41, 5.74) is 3.62. The number of piperazine rings is 1. The molecule has 134 valence electrons. The molecule has 1 aliphatic rings. The maximum Gasteiger partial charge on any atom is 0.355 e. The summed E-state index contributed by atoms with van der Waals surface area (Å²) in [6.07, 6.45) is 0. The summed E-state index contributed by atoms with van der Waals surface area (Å²) in [5.74, 6) is -0.325. The van der Waals surface area contributed by atoms with Crippen LogP contribution in [0.5, 0.6) is 0 Å². The van der Waals surface area contributed by atoms with Gasteiger partial charge in [0, 0.05) is 42.8 Å². The Hall–Kier alpha value is -2.79. The zero-order chi connectivity index (χ0) is 17.9. The molecule has 26 heavy (non-hydrogen) atoms. The molecular formula is C21H23N3O2. The zero-order valence-electron chi connectivity index (χ0n) is 14.9. The van der Waals surface area contributed by atoms with E-state index in [0.717, 1.165) is 42.6 Å². The van der Waals surface area contributed by atoms with E-state index in [1.165, 1.54) is 5.69 Å². The van der Waals surface area contributed by atoms with Crippen molar-refractivity contribution < 1.29 is 9.53 Å². The minimum absolute atomic E-state index is 0.278. The molecule has 1 aliphatic heterocycles. The average molecular weight is 349 g/mol. The minimum Gasteiger partial charge on any atom is -0.456 e. The van der Waals surface area contributed by atoms with E-state index in [1.807, 2.05) is 48.5 Å². The first kappa shape index (κ1) is 16.7. The topological polar surface area (TPSA) is 48.6 Å². The van der Waals surface area contributed by atoms with Gasteiger partial charge in [-0.1, -0.05) is 36.4 Å². The molecule has 2 heterocycles. The third-order valence-corrected chi connectivity index (χ3v) is 4.92. The van der Waals surface area contributed by atoms with Gasteiger partial charge < -0.3 is 19.5 Å². The Morgan fingerprint density at radius 3 is 2.58 bits per heavy atom. The van der Waals surface area contributed by atoms with E-state index < -0.39 is 0 Å². The number of anilines is 1. The number of aromatic amines is 1. The number of esters is 1. The number of ether oxygens (including phenoxy) is 1. The first-order valence-electron chi connectivity index (χ1n) is 8.97. The second-order valence-electron chi connectivity index (χ2n) is 6.77. The fourth-order valence-electron chi connectivity index (χ4n) is 3.37. The van der Waals surface area contributed by atoms with Crippen LogP contribution in [0.25, 0.3) is 10.9 Å². The summed E-state index contributed by atoms with van der Waals surface area (Å²) in [6.45, 7) is 4.36. The number of aromatic nitrogens is 1. The van der Waals surface area contributed by atoms with E-state index in [1.54, 1.807) is 0 Å². The summed E-state index contributed by atoms with van der Waals surface area (Å²) in [6, 6.07) is 17.8. The zero-order valence-corrected chi connectivity index (χ0v) is 14.9. The van der Waals surface area contributed by atoms with Crippen LogP contribution in [0, 0.1) is 0 Å². The summed E-state index contributed by atoms with van der Waals surface area (Å²) in [7, 11) is 2.15. The molecule has 2 aromatic carbocycles. The van der Waals surface area contributed by atoms with E-state index in [9.17, 15) is 4.79 Å². The number of nitrogens with one attached hydrogen (secondary N) is 1. The average Bonchev–Trinajstić information content (AvgIpc) is 3.12. The first-order valence-corrected chi connectivity index (χ1v) is 8.97. The highest BCUT2D eigenvalue weighted by Gasteiger charge is 2.19. The van der Waals surface area contributed by atoms with Crippen LogP contribution in [0.15, 0.2) is 54.6 Å². The van der Waals surface area contributed by atoms with Crippen LogP contribution >= 0.6 is 0 Å². The molecule has 1 aromatic heterocycles. The Morgan fingerprint density at radius 2 is 1.81 bits per heavy atom. The van der Waals surface area contributed by atoms with Crippen molar-refractivity contribution in [2.24, 2.45) is 0 Å². The summed E-state index contributed by atoms with van der Waals surface area (Å²) < 4.78 is 5.45. The van der Waals surface area contributed by atoms with Gasteiger partial charge >= 0.3 is 5.97 Å². The summed E-state index contributed by atoms with van der Waals surface area (Å²) >= 11 is 0. The molecule has 0 aliphatic carbocycles. The van der Waals surface area contributed by atoms with Gasteiger partial charge in [0.2, 0.25) is 0 Å². The van der Waals surface area contributed by atoms with Gasteiger partial charge in [-0.15, -0.1) is 0 Å².